The van der Waals surface area contributed by atoms with Gasteiger partial charge >= 0.3 is 0 Å². The molecule has 2 aromatic heterocycles. The predicted molar refractivity (Wildman–Crippen MR) is 94.7 cm³/mol. The van der Waals surface area contributed by atoms with Gasteiger partial charge in [0.05, 0.1) is 23.0 Å². The maximum atomic E-state index is 13.2. The molecule has 1 aliphatic rings. The molecular formula is C17H15FN2O4S2. The Morgan fingerprint density at radius 1 is 1.12 bits per heavy atom. The number of sulfone groups is 1. The molecule has 1 aliphatic heterocycles. The van der Waals surface area contributed by atoms with Gasteiger partial charge in [-0.3, -0.25) is 0 Å². The summed E-state index contributed by atoms with van der Waals surface area (Å²) in [5, 5.41) is 1.71. The number of morpholine rings is 1. The van der Waals surface area contributed by atoms with E-state index in [0.29, 0.717) is 26.3 Å². The average Bonchev–Trinajstić information content (AvgIpc) is 3.33. The van der Waals surface area contributed by atoms with Crippen LogP contribution in [0.15, 0.2) is 56.1 Å². The fourth-order valence-electron chi connectivity index (χ4n) is 2.67. The summed E-state index contributed by atoms with van der Waals surface area (Å²) in [6.45, 7) is 1.96. The smallest absolute Gasteiger partial charge is 0.240 e. The zero-order chi connectivity index (χ0) is 18.1. The van der Waals surface area contributed by atoms with Gasteiger partial charge in [-0.15, -0.1) is 11.3 Å². The van der Waals surface area contributed by atoms with Crippen molar-refractivity contribution in [1.82, 2.24) is 4.98 Å². The summed E-state index contributed by atoms with van der Waals surface area (Å²) in [4.78, 5) is 6.80. The van der Waals surface area contributed by atoms with Gasteiger partial charge in [-0.1, -0.05) is 6.07 Å². The summed E-state index contributed by atoms with van der Waals surface area (Å²) < 4.78 is 50.5. The van der Waals surface area contributed by atoms with E-state index in [4.69, 9.17) is 9.15 Å². The van der Waals surface area contributed by atoms with E-state index >= 15 is 0 Å². The third-order valence-electron chi connectivity index (χ3n) is 3.99. The van der Waals surface area contributed by atoms with Crippen molar-refractivity contribution in [2.24, 2.45) is 0 Å². The highest BCUT2D eigenvalue weighted by Crippen LogP contribution is 2.36. The molecule has 26 heavy (non-hydrogen) atoms. The number of nitrogens with zero attached hydrogens (tertiary/aromatic N) is 2. The maximum Gasteiger partial charge on any atom is 0.240 e. The van der Waals surface area contributed by atoms with Crippen LogP contribution in [0, 0.1) is 5.82 Å². The topological polar surface area (TPSA) is 72.6 Å². The van der Waals surface area contributed by atoms with Crippen molar-refractivity contribution in [3.8, 4) is 10.8 Å². The number of benzene rings is 1. The van der Waals surface area contributed by atoms with E-state index in [9.17, 15) is 12.8 Å². The number of hydrogen-bond donors (Lipinski definition) is 0. The third-order valence-corrected chi connectivity index (χ3v) is 6.51. The molecule has 4 rings (SSSR count). The first-order valence-electron chi connectivity index (χ1n) is 7.94. The molecule has 0 unspecified atom stereocenters. The number of ether oxygens (including phenoxy) is 1. The van der Waals surface area contributed by atoms with Gasteiger partial charge < -0.3 is 14.1 Å². The van der Waals surface area contributed by atoms with Crippen LogP contribution in [-0.2, 0) is 14.6 Å². The third kappa shape index (κ3) is 3.13. The predicted octanol–water partition coefficient (Wildman–Crippen LogP) is 3.21. The Kier molecular flexibility index (Phi) is 4.51. The summed E-state index contributed by atoms with van der Waals surface area (Å²) in [6.07, 6.45) is 0. The number of hydrogen-bond acceptors (Lipinski definition) is 7. The summed E-state index contributed by atoms with van der Waals surface area (Å²) >= 11 is 1.41. The van der Waals surface area contributed by atoms with E-state index in [0.717, 1.165) is 17.0 Å². The zero-order valence-electron chi connectivity index (χ0n) is 13.6. The highest BCUT2D eigenvalue weighted by Gasteiger charge is 2.32. The van der Waals surface area contributed by atoms with Crippen molar-refractivity contribution in [3.05, 3.63) is 47.6 Å². The largest absolute Gasteiger partial charge is 0.418 e. The number of aromatic nitrogens is 1. The second-order valence-corrected chi connectivity index (χ2v) is 8.48. The van der Waals surface area contributed by atoms with E-state index in [1.807, 2.05) is 22.4 Å². The van der Waals surface area contributed by atoms with Crippen LogP contribution in [-0.4, -0.2) is 39.7 Å². The molecule has 0 bridgehead atoms. The van der Waals surface area contributed by atoms with Gasteiger partial charge in [0, 0.05) is 13.1 Å². The summed E-state index contributed by atoms with van der Waals surface area (Å²) in [7, 11) is -3.96. The molecule has 1 aromatic carbocycles. The van der Waals surface area contributed by atoms with Gasteiger partial charge in [0.25, 0.3) is 0 Å². The molecule has 0 saturated carbocycles. The van der Waals surface area contributed by atoms with Crippen molar-refractivity contribution >= 4 is 27.1 Å². The lowest BCUT2D eigenvalue weighted by Crippen LogP contribution is -2.36. The molecule has 3 aromatic rings. The highest BCUT2D eigenvalue weighted by molar-refractivity contribution is 7.91. The Hall–Kier alpha value is -2.23. The van der Waals surface area contributed by atoms with Gasteiger partial charge in [-0.2, -0.15) is 4.98 Å². The number of halogens is 1. The van der Waals surface area contributed by atoms with Crippen LogP contribution >= 0.6 is 11.3 Å². The lowest BCUT2D eigenvalue weighted by molar-refractivity contribution is 0.120. The number of oxazole rings is 1. The molecule has 1 saturated heterocycles. The quantitative estimate of drug-likeness (QED) is 0.633. The van der Waals surface area contributed by atoms with E-state index in [-0.39, 0.29) is 21.7 Å². The van der Waals surface area contributed by atoms with Crippen LogP contribution in [0.25, 0.3) is 10.8 Å². The van der Waals surface area contributed by atoms with Crippen LogP contribution in [0.5, 0.6) is 0 Å². The molecule has 0 aliphatic carbocycles. The first kappa shape index (κ1) is 17.2. The molecule has 136 valence electrons. The SMILES string of the molecule is O=S(=O)(c1ccc(F)cc1)c1nc(-c2cccs2)oc1N1CCOCC1. The second-order valence-electron chi connectivity index (χ2n) is 5.66. The van der Waals surface area contributed by atoms with Crippen LogP contribution < -0.4 is 4.90 Å². The fraction of sp³-hybridized carbons (Fsp3) is 0.235. The standard InChI is InChI=1S/C17H15FN2O4S2/c18-12-3-5-13(6-4-12)26(21,22)16-17(20-7-9-23-10-8-20)24-15(19-16)14-2-1-11-25-14/h1-6,11H,7-10H2. The molecule has 1 fully saturated rings. The minimum absolute atomic E-state index is 0.0283. The van der Waals surface area contributed by atoms with Crippen molar-refractivity contribution in [2.75, 3.05) is 31.2 Å². The average molecular weight is 394 g/mol. The molecule has 0 N–H and O–H groups in total. The zero-order valence-corrected chi connectivity index (χ0v) is 15.2. The van der Waals surface area contributed by atoms with Gasteiger partial charge in [0.1, 0.15) is 5.82 Å². The van der Waals surface area contributed by atoms with Crippen LogP contribution in [0.1, 0.15) is 0 Å². The fourth-order valence-corrected chi connectivity index (χ4v) is 4.64. The highest BCUT2D eigenvalue weighted by atomic mass is 32.2. The minimum Gasteiger partial charge on any atom is -0.418 e. The lowest BCUT2D eigenvalue weighted by Gasteiger charge is -2.26. The normalized spacial score (nSPS) is 15.3. The molecule has 3 heterocycles. The van der Waals surface area contributed by atoms with Gasteiger partial charge in [0.15, 0.2) is 0 Å². The van der Waals surface area contributed by atoms with Gasteiger partial charge in [-0.05, 0) is 35.7 Å². The second kappa shape index (κ2) is 6.82. The molecule has 0 spiro atoms. The monoisotopic (exact) mass is 394 g/mol. The van der Waals surface area contributed by atoms with Gasteiger partial charge in [-0.25, -0.2) is 12.8 Å². The summed E-state index contributed by atoms with van der Waals surface area (Å²) in [6, 6.07) is 8.34. The molecule has 6 nitrogen and oxygen atoms in total. The van der Waals surface area contributed by atoms with E-state index in [2.05, 4.69) is 4.98 Å². The van der Waals surface area contributed by atoms with Crippen molar-refractivity contribution in [2.45, 2.75) is 9.92 Å². The van der Waals surface area contributed by atoms with E-state index in [1.165, 1.54) is 23.5 Å². The minimum atomic E-state index is -3.96. The number of anilines is 1. The van der Waals surface area contributed by atoms with Gasteiger partial charge in [0.2, 0.25) is 26.6 Å². The Labute approximate surface area is 153 Å². The number of thiophene rings is 1. The van der Waals surface area contributed by atoms with Crippen LogP contribution in [0.2, 0.25) is 0 Å². The van der Waals surface area contributed by atoms with Crippen LogP contribution in [0.4, 0.5) is 10.3 Å². The Morgan fingerprint density at radius 3 is 2.50 bits per heavy atom. The lowest BCUT2D eigenvalue weighted by atomic mass is 10.4. The Balaban J connectivity index is 1.84. The first-order valence-corrected chi connectivity index (χ1v) is 10.3. The van der Waals surface area contributed by atoms with Crippen molar-refractivity contribution < 1.29 is 22.0 Å². The van der Waals surface area contributed by atoms with Crippen molar-refractivity contribution in [3.63, 3.8) is 0 Å². The summed E-state index contributed by atoms with van der Waals surface area (Å²) in [5.41, 5.74) is 0. The summed E-state index contributed by atoms with van der Waals surface area (Å²) in [5.74, 6) is -0.0556. The molecular weight excluding hydrogens is 379 g/mol. The molecule has 0 radical (unpaired) electrons. The Bertz CT molecular complexity index is 992. The molecule has 0 atom stereocenters. The molecule has 9 heteroatoms. The van der Waals surface area contributed by atoms with Crippen molar-refractivity contribution in [1.29, 1.82) is 0 Å². The molecule has 0 amide bonds. The first-order chi connectivity index (χ1) is 12.6. The van der Waals surface area contributed by atoms with E-state index < -0.39 is 15.7 Å². The maximum absolute atomic E-state index is 13.2. The number of rotatable bonds is 4. The Morgan fingerprint density at radius 2 is 1.85 bits per heavy atom. The van der Waals surface area contributed by atoms with Crippen LogP contribution in [0.3, 0.4) is 0 Å². The van der Waals surface area contributed by atoms with E-state index in [1.54, 1.807) is 0 Å².